The van der Waals surface area contributed by atoms with Crippen LogP contribution in [0.3, 0.4) is 0 Å². The van der Waals surface area contributed by atoms with E-state index in [0.29, 0.717) is 4.47 Å². The van der Waals surface area contributed by atoms with Gasteiger partial charge in [0.1, 0.15) is 10.7 Å². The first-order chi connectivity index (χ1) is 15.1. The largest absolute Gasteiger partial charge is 0.372 e. The number of nitrogens with one attached hydrogen (secondary N) is 1. The Kier molecular flexibility index (Phi) is 7.73. The lowest BCUT2D eigenvalue weighted by Gasteiger charge is -2.36. The third-order valence-corrected chi connectivity index (χ3v) is 7.23. The maximum Gasteiger partial charge on any atom is 0.266 e. The number of rotatable bonds is 7. The number of carbonyl (C=O) groups excluding carboxylic acids is 1. The standard InChI is InChI=1S/C21H27ClN4O5S/c1-14-12-26(13-15(2)31-14)20-8-5-16(10-23-20)11-24-21(27)17-6-7-18(22)19(9-17)32(28,29)25(3)30-4/h5-10,14-15H,11-13H2,1-4H3,(H,24,27). The van der Waals surface area contributed by atoms with Crippen LogP contribution in [0.2, 0.25) is 5.02 Å². The molecule has 0 radical (unpaired) electrons. The molecule has 1 fully saturated rings. The number of morpholine rings is 1. The Bertz CT molecular complexity index is 1050. The van der Waals surface area contributed by atoms with Gasteiger partial charge in [-0.1, -0.05) is 22.1 Å². The maximum absolute atomic E-state index is 12.6. The predicted octanol–water partition coefficient (Wildman–Crippen LogP) is 2.46. The van der Waals surface area contributed by atoms with E-state index in [1.807, 2.05) is 26.0 Å². The van der Waals surface area contributed by atoms with E-state index < -0.39 is 15.9 Å². The summed E-state index contributed by atoms with van der Waals surface area (Å²) in [5.41, 5.74) is 0.982. The minimum atomic E-state index is -3.99. The fourth-order valence-corrected chi connectivity index (χ4v) is 4.91. The van der Waals surface area contributed by atoms with Crippen LogP contribution in [0.1, 0.15) is 29.8 Å². The second-order valence-corrected chi connectivity index (χ2v) is 9.92. The van der Waals surface area contributed by atoms with Gasteiger partial charge in [0.05, 0.1) is 24.3 Å². The van der Waals surface area contributed by atoms with Crippen LogP contribution in [0.25, 0.3) is 0 Å². The van der Waals surface area contributed by atoms with Crippen LogP contribution in [0.4, 0.5) is 5.82 Å². The Morgan fingerprint density at radius 2 is 1.97 bits per heavy atom. The fraction of sp³-hybridized carbons (Fsp3) is 0.429. The number of carbonyl (C=O) groups is 1. The van der Waals surface area contributed by atoms with Crippen LogP contribution in [-0.4, -0.2) is 63.2 Å². The molecular formula is C21H27ClN4O5S. The predicted molar refractivity (Wildman–Crippen MR) is 121 cm³/mol. The normalized spacial score (nSPS) is 19.2. The zero-order valence-electron chi connectivity index (χ0n) is 18.4. The summed E-state index contributed by atoms with van der Waals surface area (Å²) in [5.74, 6) is 0.426. The van der Waals surface area contributed by atoms with Crippen molar-refractivity contribution in [3.05, 3.63) is 52.7 Å². The van der Waals surface area contributed by atoms with Gasteiger partial charge in [-0.05, 0) is 43.7 Å². The summed E-state index contributed by atoms with van der Waals surface area (Å²) in [7, 11) is -1.52. The number of anilines is 1. The summed E-state index contributed by atoms with van der Waals surface area (Å²) < 4.78 is 31.4. The van der Waals surface area contributed by atoms with Gasteiger partial charge in [0.2, 0.25) is 0 Å². The molecule has 0 spiro atoms. The molecule has 1 N–H and O–H groups in total. The molecule has 174 valence electrons. The molecule has 1 aromatic heterocycles. The van der Waals surface area contributed by atoms with E-state index in [2.05, 4.69) is 15.2 Å². The van der Waals surface area contributed by atoms with E-state index in [4.69, 9.17) is 21.2 Å². The number of halogens is 1. The molecule has 2 heterocycles. The van der Waals surface area contributed by atoms with Crippen LogP contribution in [0, 0.1) is 0 Å². The molecule has 2 atom stereocenters. The average molecular weight is 483 g/mol. The molecule has 2 aromatic rings. The van der Waals surface area contributed by atoms with Crippen molar-refractivity contribution < 1.29 is 22.8 Å². The number of pyridine rings is 1. The Morgan fingerprint density at radius 3 is 2.56 bits per heavy atom. The van der Waals surface area contributed by atoms with Crippen molar-refractivity contribution in [2.75, 3.05) is 32.1 Å². The van der Waals surface area contributed by atoms with Gasteiger partial charge in [0, 0.05) is 38.4 Å². The lowest BCUT2D eigenvalue weighted by molar-refractivity contribution is -0.0258. The quantitative estimate of drug-likeness (QED) is 0.605. The average Bonchev–Trinajstić information content (AvgIpc) is 2.76. The molecule has 0 bridgehead atoms. The molecule has 1 saturated heterocycles. The molecule has 0 saturated carbocycles. The van der Waals surface area contributed by atoms with E-state index >= 15 is 0 Å². The molecule has 1 aliphatic rings. The molecule has 3 rings (SSSR count). The van der Waals surface area contributed by atoms with Crippen LogP contribution in [-0.2, 0) is 26.1 Å². The summed E-state index contributed by atoms with van der Waals surface area (Å²) in [6, 6.07) is 7.88. The summed E-state index contributed by atoms with van der Waals surface area (Å²) in [4.78, 5) is 23.8. The summed E-state index contributed by atoms with van der Waals surface area (Å²) in [6.07, 6.45) is 1.98. The van der Waals surface area contributed by atoms with Gasteiger partial charge < -0.3 is 15.0 Å². The maximum atomic E-state index is 12.6. The number of hydroxylamine groups is 1. The molecule has 1 aromatic carbocycles. The molecule has 11 heteroatoms. The van der Waals surface area contributed by atoms with Crippen molar-refractivity contribution in [1.29, 1.82) is 0 Å². The zero-order valence-corrected chi connectivity index (χ0v) is 20.0. The molecule has 0 aliphatic carbocycles. The van der Waals surface area contributed by atoms with Gasteiger partial charge in [-0.3, -0.25) is 9.63 Å². The number of hydrogen-bond acceptors (Lipinski definition) is 7. The number of ether oxygens (including phenoxy) is 1. The van der Waals surface area contributed by atoms with E-state index in [0.717, 1.165) is 24.5 Å². The number of benzene rings is 1. The first-order valence-corrected chi connectivity index (χ1v) is 11.9. The fourth-order valence-electron chi connectivity index (χ4n) is 3.44. The van der Waals surface area contributed by atoms with Crippen molar-refractivity contribution in [2.45, 2.75) is 37.5 Å². The summed E-state index contributed by atoms with van der Waals surface area (Å²) in [5, 5.41) is 2.77. The van der Waals surface area contributed by atoms with E-state index in [1.165, 1.54) is 32.4 Å². The number of hydrogen-bond donors (Lipinski definition) is 1. The van der Waals surface area contributed by atoms with Crippen molar-refractivity contribution >= 4 is 33.3 Å². The number of aromatic nitrogens is 1. The van der Waals surface area contributed by atoms with Crippen molar-refractivity contribution in [1.82, 2.24) is 14.8 Å². The van der Waals surface area contributed by atoms with Gasteiger partial charge in [0.15, 0.2) is 0 Å². The first-order valence-electron chi connectivity index (χ1n) is 10.1. The van der Waals surface area contributed by atoms with Crippen LogP contribution >= 0.6 is 11.6 Å². The van der Waals surface area contributed by atoms with E-state index in [1.54, 1.807) is 6.20 Å². The van der Waals surface area contributed by atoms with Crippen molar-refractivity contribution in [3.8, 4) is 0 Å². The Labute approximate surface area is 193 Å². The highest BCUT2D eigenvalue weighted by molar-refractivity contribution is 7.89. The highest BCUT2D eigenvalue weighted by Gasteiger charge is 2.25. The van der Waals surface area contributed by atoms with Gasteiger partial charge in [0.25, 0.3) is 15.9 Å². The molecule has 2 unspecified atom stereocenters. The Morgan fingerprint density at radius 1 is 1.28 bits per heavy atom. The smallest absolute Gasteiger partial charge is 0.266 e. The third-order valence-electron chi connectivity index (χ3n) is 5.07. The molecule has 9 nitrogen and oxygen atoms in total. The van der Waals surface area contributed by atoms with Crippen LogP contribution in [0.15, 0.2) is 41.4 Å². The topological polar surface area (TPSA) is 101 Å². The number of amides is 1. The van der Waals surface area contributed by atoms with Crippen LogP contribution < -0.4 is 10.2 Å². The van der Waals surface area contributed by atoms with E-state index in [9.17, 15) is 13.2 Å². The highest BCUT2D eigenvalue weighted by atomic mass is 35.5. The van der Waals surface area contributed by atoms with Gasteiger partial charge in [-0.2, -0.15) is 0 Å². The monoisotopic (exact) mass is 482 g/mol. The van der Waals surface area contributed by atoms with Crippen molar-refractivity contribution in [2.24, 2.45) is 0 Å². The minimum absolute atomic E-state index is 0.00279. The number of sulfonamides is 1. The van der Waals surface area contributed by atoms with Gasteiger partial charge in [-0.25, -0.2) is 13.4 Å². The molecule has 1 amide bonds. The SMILES string of the molecule is CON(C)S(=O)(=O)c1cc(C(=O)NCc2ccc(N3CC(C)OC(C)C3)nc2)ccc1Cl. The summed E-state index contributed by atoms with van der Waals surface area (Å²) in [6.45, 7) is 5.85. The molecule has 32 heavy (non-hydrogen) atoms. The lowest BCUT2D eigenvalue weighted by Crippen LogP contribution is -2.45. The zero-order chi connectivity index (χ0) is 23.5. The second-order valence-electron chi connectivity index (χ2n) is 7.61. The minimum Gasteiger partial charge on any atom is -0.372 e. The summed E-state index contributed by atoms with van der Waals surface area (Å²) >= 11 is 6.04. The third kappa shape index (κ3) is 5.57. The first kappa shape index (κ1) is 24.4. The Balaban J connectivity index is 1.66. The van der Waals surface area contributed by atoms with Crippen LogP contribution in [0.5, 0.6) is 0 Å². The molecule has 1 aliphatic heterocycles. The second kappa shape index (κ2) is 10.1. The highest BCUT2D eigenvalue weighted by Crippen LogP contribution is 2.25. The van der Waals surface area contributed by atoms with Gasteiger partial charge >= 0.3 is 0 Å². The van der Waals surface area contributed by atoms with Crippen molar-refractivity contribution in [3.63, 3.8) is 0 Å². The Hall–Kier alpha value is -2.24. The lowest BCUT2D eigenvalue weighted by atomic mass is 10.2. The molecular weight excluding hydrogens is 456 g/mol. The van der Waals surface area contributed by atoms with Gasteiger partial charge in [-0.15, -0.1) is 0 Å². The van der Waals surface area contributed by atoms with E-state index in [-0.39, 0.29) is 34.2 Å². The number of nitrogens with zero attached hydrogens (tertiary/aromatic N) is 3.